The normalized spacial score (nSPS) is 11.8. The van der Waals surface area contributed by atoms with Gasteiger partial charge in [0.25, 0.3) is 0 Å². The van der Waals surface area contributed by atoms with Crippen LogP contribution in [0.3, 0.4) is 0 Å². The van der Waals surface area contributed by atoms with Crippen molar-refractivity contribution >= 4 is 19.7 Å². The van der Waals surface area contributed by atoms with E-state index in [2.05, 4.69) is 26.0 Å². The zero-order valence-electron chi connectivity index (χ0n) is 15.8. The number of ether oxygens (including phenoxy) is 1. The van der Waals surface area contributed by atoms with Crippen molar-refractivity contribution in [1.82, 2.24) is 0 Å². The molecule has 0 aliphatic carbocycles. The highest BCUT2D eigenvalue weighted by Gasteiger charge is 2.40. The Labute approximate surface area is 153 Å². The first kappa shape index (κ1) is 21.6. The van der Waals surface area contributed by atoms with Crippen molar-refractivity contribution in [3.05, 3.63) is 42.5 Å². The molecule has 0 saturated carbocycles. The molecular weight excluding hydrogens is 332 g/mol. The summed E-state index contributed by atoms with van der Waals surface area (Å²) in [5.41, 5.74) is 0. The molecule has 0 amide bonds. The summed E-state index contributed by atoms with van der Waals surface area (Å²) in [5.74, 6) is -0.319. The fourth-order valence-electron chi connectivity index (χ4n) is 2.42. The summed E-state index contributed by atoms with van der Waals surface area (Å²) in [6.07, 6.45) is 7.25. The number of carbonyl (C=O) groups is 1. The van der Waals surface area contributed by atoms with Crippen molar-refractivity contribution in [2.24, 2.45) is 0 Å². The molecule has 1 aromatic carbocycles. The lowest BCUT2D eigenvalue weighted by molar-refractivity contribution is -0.137. The summed E-state index contributed by atoms with van der Waals surface area (Å²) in [6, 6.07) is 10.8. The molecule has 0 N–H and O–H groups in total. The predicted octanol–water partition coefficient (Wildman–Crippen LogP) is 4.09. The molecule has 0 heterocycles. The van der Waals surface area contributed by atoms with Gasteiger partial charge < -0.3 is 13.6 Å². The van der Waals surface area contributed by atoms with Gasteiger partial charge in [-0.25, -0.2) is 4.79 Å². The molecule has 0 aromatic heterocycles. The number of carbonyl (C=O) groups excluding carboxylic acids is 1. The zero-order chi connectivity index (χ0) is 18.4. The van der Waals surface area contributed by atoms with Gasteiger partial charge in [0, 0.05) is 25.3 Å². The molecule has 0 aliphatic rings. The maximum atomic E-state index is 11.6. The maximum absolute atomic E-state index is 11.6. The number of benzene rings is 1. The Morgan fingerprint density at radius 2 is 1.60 bits per heavy atom. The number of hydrogen-bond acceptors (Lipinski definition) is 4. The molecule has 0 saturated heterocycles. The Balaban J connectivity index is 2.90. The van der Waals surface area contributed by atoms with Crippen molar-refractivity contribution in [3.63, 3.8) is 0 Å². The Kier molecular flexibility index (Phi) is 11.1. The Morgan fingerprint density at radius 3 is 2.12 bits per heavy atom. The van der Waals surface area contributed by atoms with Crippen molar-refractivity contribution in [3.8, 4) is 0 Å². The standard InChI is InChI=1S/C20H32O4Si/c1-4-7-15-23-25(24-16-8-5-2,19-13-10-9-11-14-19)18-17-22-20(21)12-6-3/h6,9-14H,4-5,7-8,15-18H2,1-3H3. The van der Waals surface area contributed by atoms with Crippen LogP contribution in [0.5, 0.6) is 0 Å². The fourth-order valence-corrected chi connectivity index (χ4v) is 5.44. The van der Waals surface area contributed by atoms with Crippen LogP contribution in [0, 0.1) is 0 Å². The number of rotatable bonds is 13. The highest BCUT2D eigenvalue weighted by atomic mass is 28.4. The second kappa shape index (κ2) is 12.9. The third kappa shape index (κ3) is 7.99. The molecular formula is C20H32O4Si. The van der Waals surface area contributed by atoms with E-state index < -0.39 is 8.56 Å². The van der Waals surface area contributed by atoms with E-state index >= 15 is 0 Å². The van der Waals surface area contributed by atoms with E-state index in [9.17, 15) is 4.79 Å². The SMILES string of the molecule is CC=CC(=O)OCC[Si](OCCCC)(OCCCC)c1ccccc1. The number of unbranched alkanes of at least 4 members (excludes halogenated alkanes) is 2. The largest absolute Gasteiger partial charge is 0.463 e. The quantitative estimate of drug-likeness (QED) is 0.229. The minimum absolute atomic E-state index is 0.308. The Bertz CT molecular complexity index is 492. The van der Waals surface area contributed by atoms with Crippen molar-refractivity contribution in [1.29, 1.82) is 0 Å². The first-order valence-corrected chi connectivity index (χ1v) is 11.3. The average Bonchev–Trinajstić information content (AvgIpc) is 2.62. The van der Waals surface area contributed by atoms with E-state index in [1.165, 1.54) is 6.08 Å². The summed E-state index contributed by atoms with van der Waals surface area (Å²) in [5, 5.41) is 1.10. The highest BCUT2D eigenvalue weighted by Crippen LogP contribution is 2.17. The summed E-state index contributed by atoms with van der Waals surface area (Å²) in [6.45, 7) is 7.74. The van der Waals surface area contributed by atoms with Crippen molar-refractivity contribution in [2.45, 2.75) is 52.5 Å². The molecule has 0 fully saturated rings. The lowest BCUT2D eigenvalue weighted by atomic mass is 10.4. The Hall–Kier alpha value is -1.43. The van der Waals surface area contributed by atoms with Crippen LogP contribution in [0.15, 0.2) is 42.5 Å². The van der Waals surface area contributed by atoms with Crippen LogP contribution in [0.2, 0.25) is 6.04 Å². The molecule has 0 bridgehead atoms. The highest BCUT2D eigenvalue weighted by molar-refractivity contribution is 6.81. The second-order valence-electron chi connectivity index (χ2n) is 5.94. The Morgan fingerprint density at radius 1 is 1.00 bits per heavy atom. The van der Waals surface area contributed by atoms with Gasteiger partial charge in [0.2, 0.25) is 0 Å². The van der Waals surface area contributed by atoms with Crippen LogP contribution >= 0.6 is 0 Å². The monoisotopic (exact) mass is 364 g/mol. The molecule has 140 valence electrons. The fraction of sp³-hybridized carbons (Fsp3) is 0.550. The van der Waals surface area contributed by atoms with E-state index in [0.29, 0.717) is 25.9 Å². The van der Waals surface area contributed by atoms with Crippen LogP contribution in [0.25, 0.3) is 0 Å². The lowest BCUT2D eigenvalue weighted by Gasteiger charge is -2.31. The van der Waals surface area contributed by atoms with Gasteiger partial charge in [0.05, 0.1) is 6.61 Å². The molecule has 0 aliphatic heterocycles. The number of allylic oxidation sites excluding steroid dienone is 1. The summed E-state index contributed by atoms with van der Waals surface area (Å²) in [7, 11) is -2.64. The molecule has 5 heteroatoms. The molecule has 0 spiro atoms. The van der Waals surface area contributed by atoms with Gasteiger partial charge in [0.15, 0.2) is 0 Å². The van der Waals surface area contributed by atoms with E-state index in [-0.39, 0.29) is 5.97 Å². The van der Waals surface area contributed by atoms with Crippen molar-refractivity contribution in [2.75, 3.05) is 19.8 Å². The van der Waals surface area contributed by atoms with Gasteiger partial charge in [-0.15, -0.1) is 0 Å². The molecule has 0 radical (unpaired) electrons. The van der Waals surface area contributed by atoms with Crippen LogP contribution in [-0.2, 0) is 18.4 Å². The third-order valence-electron chi connectivity index (χ3n) is 3.86. The van der Waals surface area contributed by atoms with Gasteiger partial charge in [-0.2, -0.15) is 0 Å². The number of hydrogen-bond donors (Lipinski definition) is 0. The molecule has 0 atom stereocenters. The zero-order valence-corrected chi connectivity index (χ0v) is 16.8. The minimum Gasteiger partial charge on any atom is -0.463 e. The molecule has 1 aromatic rings. The topological polar surface area (TPSA) is 44.8 Å². The first-order chi connectivity index (χ1) is 12.2. The van der Waals surface area contributed by atoms with Gasteiger partial charge in [0.1, 0.15) is 0 Å². The van der Waals surface area contributed by atoms with Crippen molar-refractivity contribution < 1.29 is 18.4 Å². The third-order valence-corrected chi connectivity index (χ3v) is 7.27. The van der Waals surface area contributed by atoms with E-state index in [4.69, 9.17) is 13.6 Å². The predicted molar refractivity (Wildman–Crippen MR) is 104 cm³/mol. The summed E-state index contributed by atoms with van der Waals surface area (Å²) >= 11 is 0. The van der Waals surface area contributed by atoms with Gasteiger partial charge >= 0.3 is 14.5 Å². The van der Waals surface area contributed by atoms with Gasteiger partial charge in [-0.05, 0) is 25.0 Å². The van der Waals surface area contributed by atoms with Crippen LogP contribution < -0.4 is 5.19 Å². The molecule has 1 rings (SSSR count). The molecule has 4 nitrogen and oxygen atoms in total. The van der Waals surface area contributed by atoms with Gasteiger partial charge in [-0.1, -0.05) is 63.1 Å². The van der Waals surface area contributed by atoms with E-state index in [1.807, 2.05) is 18.2 Å². The van der Waals surface area contributed by atoms with E-state index in [0.717, 1.165) is 30.9 Å². The average molecular weight is 365 g/mol. The lowest BCUT2D eigenvalue weighted by Crippen LogP contribution is -2.55. The number of esters is 1. The van der Waals surface area contributed by atoms with Gasteiger partial charge in [-0.3, -0.25) is 0 Å². The van der Waals surface area contributed by atoms with Crippen LogP contribution in [0.4, 0.5) is 0 Å². The molecule has 25 heavy (non-hydrogen) atoms. The second-order valence-corrected chi connectivity index (χ2v) is 9.10. The van der Waals surface area contributed by atoms with Crippen LogP contribution in [0.1, 0.15) is 46.5 Å². The first-order valence-electron chi connectivity index (χ1n) is 9.31. The van der Waals surface area contributed by atoms with E-state index in [1.54, 1.807) is 13.0 Å². The summed E-state index contributed by atoms with van der Waals surface area (Å²) in [4.78, 5) is 11.6. The molecule has 0 unspecified atom stereocenters. The maximum Gasteiger partial charge on any atom is 0.375 e. The van der Waals surface area contributed by atoms with Crippen LogP contribution in [-0.4, -0.2) is 34.4 Å². The minimum atomic E-state index is -2.64. The smallest absolute Gasteiger partial charge is 0.375 e. The summed E-state index contributed by atoms with van der Waals surface area (Å²) < 4.78 is 18.0.